The standard InChI is InChI=1S/C22H26ClN3O/c1-2-26-21(27)19-9-8-18(23)16-20(19)24-22(26)11-14-25(15-12-22)13-10-17-6-4-3-5-7-17/h3-9,16,24H,2,10-15H2,1H3. The largest absolute Gasteiger partial charge is 0.362 e. The molecule has 1 amide bonds. The summed E-state index contributed by atoms with van der Waals surface area (Å²) in [6.07, 6.45) is 2.91. The van der Waals surface area contributed by atoms with Crippen LogP contribution in [0.15, 0.2) is 48.5 Å². The number of nitrogens with one attached hydrogen (secondary N) is 1. The summed E-state index contributed by atoms with van der Waals surface area (Å²) in [6.45, 7) is 5.80. The zero-order valence-electron chi connectivity index (χ0n) is 15.7. The molecular formula is C22H26ClN3O. The SMILES string of the molecule is CCN1C(=O)c2ccc(Cl)cc2NC12CCN(CCc1ccccc1)CC2. The number of piperidine rings is 1. The van der Waals surface area contributed by atoms with Gasteiger partial charge >= 0.3 is 0 Å². The summed E-state index contributed by atoms with van der Waals surface area (Å²) in [4.78, 5) is 17.6. The van der Waals surface area contributed by atoms with Gasteiger partial charge in [-0.15, -0.1) is 0 Å². The third-order valence-corrected chi connectivity index (χ3v) is 6.14. The van der Waals surface area contributed by atoms with E-state index in [0.717, 1.165) is 50.1 Å². The van der Waals surface area contributed by atoms with Crippen molar-refractivity contribution in [2.45, 2.75) is 31.8 Å². The second-order valence-electron chi connectivity index (χ2n) is 7.47. The van der Waals surface area contributed by atoms with E-state index in [2.05, 4.69) is 47.5 Å². The number of benzene rings is 2. The van der Waals surface area contributed by atoms with Gasteiger partial charge in [0.15, 0.2) is 0 Å². The minimum absolute atomic E-state index is 0.112. The van der Waals surface area contributed by atoms with Gasteiger partial charge in [-0.2, -0.15) is 0 Å². The maximum absolute atomic E-state index is 13.1. The van der Waals surface area contributed by atoms with Gasteiger partial charge in [-0.3, -0.25) is 4.79 Å². The first-order valence-electron chi connectivity index (χ1n) is 9.77. The molecule has 4 rings (SSSR count). The van der Waals surface area contributed by atoms with Gasteiger partial charge in [0.25, 0.3) is 5.91 Å². The first kappa shape index (κ1) is 18.3. The van der Waals surface area contributed by atoms with E-state index in [0.29, 0.717) is 11.6 Å². The van der Waals surface area contributed by atoms with E-state index in [-0.39, 0.29) is 11.6 Å². The average Bonchev–Trinajstić information content (AvgIpc) is 2.68. The number of amides is 1. The number of likely N-dealkylation sites (tertiary alicyclic amines) is 1. The molecule has 0 bridgehead atoms. The number of carbonyl (C=O) groups is 1. The van der Waals surface area contributed by atoms with Crippen molar-refractivity contribution in [3.05, 3.63) is 64.7 Å². The minimum Gasteiger partial charge on any atom is -0.362 e. The highest BCUT2D eigenvalue weighted by molar-refractivity contribution is 6.31. The molecule has 1 saturated heterocycles. The van der Waals surface area contributed by atoms with Gasteiger partial charge < -0.3 is 15.1 Å². The van der Waals surface area contributed by atoms with Crippen LogP contribution in [0.4, 0.5) is 5.69 Å². The fraction of sp³-hybridized carbons (Fsp3) is 0.409. The molecule has 0 radical (unpaired) electrons. The molecule has 2 heterocycles. The molecule has 4 nitrogen and oxygen atoms in total. The summed E-state index contributed by atoms with van der Waals surface area (Å²) in [7, 11) is 0. The molecule has 2 aliphatic rings. The van der Waals surface area contributed by atoms with Crippen LogP contribution in [0.25, 0.3) is 0 Å². The van der Waals surface area contributed by atoms with Crippen molar-refractivity contribution in [1.29, 1.82) is 0 Å². The number of fused-ring (bicyclic) bond motifs is 1. The van der Waals surface area contributed by atoms with Crippen molar-refractivity contribution in [3.8, 4) is 0 Å². The maximum Gasteiger partial charge on any atom is 0.257 e. The highest BCUT2D eigenvalue weighted by atomic mass is 35.5. The maximum atomic E-state index is 13.1. The van der Waals surface area contributed by atoms with Crippen molar-refractivity contribution < 1.29 is 4.79 Å². The quantitative estimate of drug-likeness (QED) is 0.856. The molecule has 27 heavy (non-hydrogen) atoms. The average molecular weight is 384 g/mol. The Labute approximate surface area is 166 Å². The Bertz CT molecular complexity index is 816. The van der Waals surface area contributed by atoms with Gasteiger partial charge in [0.1, 0.15) is 5.66 Å². The number of halogens is 1. The summed E-state index contributed by atoms with van der Waals surface area (Å²) >= 11 is 6.17. The lowest BCUT2D eigenvalue weighted by Crippen LogP contribution is -2.64. The predicted octanol–water partition coefficient (Wildman–Crippen LogP) is 4.26. The molecule has 2 aromatic rings. The molecule has 0 atom stereocenters. The molecule has 0 unspecified atom stereocenters. The number of nitrogens with zero attached hydrogens (tertiary/aromatic N) is 2. The molecule has 5 heteroatoms. The van der Waals surface area contributed by atoms with E-state index in [1.807, 2.05) is 17.0 Å². The zero-order valence-corrected chi connectivity index (χ0v) is 16.5. The lowest BCUT2D eigenvalue weighted by atomic mass is 9.90. The molecule has 142 valence electrons. The van der Waals surface area contributed by atoms with Gasteiger partial charge in [-0.05, 0) is 37.1 Å². The Kier molecular flexibility index (Phi) is 5.11. The Morgan fingerprint density at radius 3 is 2.56 bits per heavy atom. The van der Waals surface area contributed by atoms with Crippen molar-refractivity contribution in [3.63, 3.8) is 0 Å². The van der Waals surface area contributed by atoms with Crippen molar-refractivity contribution in [2.75, 3.05) is 31.5 Å². The van der Waals surface area contributed by atoms with Crippen LogP contribution in [-0.4, -0.2) is 47.5 Å². The molecule has 0 aromatic heterocycles. The van der Waals surface area contributed by atoms with Gasteiger partial charge in [0.05, 0.1) is 11.3 Å². The minimum atomic E-state index is -0.299. The highest BCUT2D eigenvalue weighted by Gasteiger charge is 2.45. The van der Waals surface area contributed by atoms with Crippen LogP contribution >= 0.6 is 11.6 Å². The molecule has 2 aliphatic heterocycles. The molecule has 0 aliphatic carbocycles. The first-order valence-corrected chi connectivity index (χ1v) is 10.1. The van der Waals surface area contributed by atoms with E-state index < -0.39 is 0 Å². The summed E-state index contributed by atoms with van der Waals surface area (Å²) in [5.41, 5.74) is 2.67. The van der Waals surface area contributed by atoms with Gasteiger partial charge in [0, 0.05) is 44.0 Å². The summed E-state index contributed by atoms with van der Waals surface area (Å²) in [6, 6.07) is 16.1. The van der Waals surface area contributed by atoms with Crippen LogP contribution in [0, 0.1) is 0 Å². The Hall–Kier alpha value is -2.04. The molecular weight excluding hydrogens is 358 g/mol. The second kappa shape index (κ2) is 7.53. The number of hydrogen-bond acceptors (Lipinski definition) is 3. The van der Waals surface area contributed by atoms with Gasteiger partial charge in [0.2, 0.25) is 0 Å². The van der Waals surface area contributed by atoms with Crippen LogP contribution in [0.5, 0.6) is 0 Å². The highest BCUT2D eigenvalue weighted by Crippen LogP contribution is 2.38. The molecule has 0 saturated carbocycles. The molecule has 1 N–H and O–H groups in total. The van der Waals surface area contributed by atoms with Crippen LogP contribution in [0.3, 0.4) is 0 Å². The van der Waals surface area contributed by atoms with E-state index in [4.69, 9.17) is 11.6 Å². The normalized spacial score (nSPS) is 19.0. The van der Waals surface area contributed by atoms with Crippen molar-refractivity contribution in [1.82, 2.24) is 9.80 Å². The van der Waals surface area contributed by atoms with Crippen molar-refractivity contribution >= 4 is 23.2 Å². The van der Waals surface area contributed by atoms with E-state index in [1.54, 1.807) is 6.07 Å². The van der Waals surface area contributed by atoms with Gasteiger partial charge in [-0.1, -0.05) is 41.9 Å². The number of rotatable bonds is 4. The lowest BCUT2D eigenvalue weighted by Gasteiger charge is -2.52. The van der Waals surface area contributed by atoms with Crippen LogP contribution < -0.4 is 5.32 Å². The zero-order chi connectivity index (χ0) is 18.9. The second-order valence-corrected chi connectivity index (χ2v) is 7.91. The van der Waals surface area contributed by atoms with E-state index in [1.165, 1.54) is 5.56 Å². The van der Waals surface area contributed by atoms with E-state index in [9.17, 15) is 4.79 Å². The lowest BCUT2D eigenvalue weighted by molar-refractivity contribution is 0.0293. The van der Waals surface area contributed by atoms with Crippen LogP contribution in [0.1, 0.15) is 35.7 Å². The first-order chi connectivity index (χ1) is 13.1. The molecule has 2 aromatic carbocycles. The van der Waals surface area contributed by atoms with E-state index >= 15 is 0 Å². The number of carbonyl (C=O) groups excluding carboxylic acids is 1. The molecule has 1 spiro atoms. The fourth-order valence-electron chi connectivity index (χ4n) is 4.38. The van der Waals surface area contributed by atoms with Gasteiger partial charge in [-0.25, -0.2) is 0 Å². The monoisotopic (exact) mass is 383 g/mol. The smallest absolute Gasteiger partial charge is 0.257 e. The summed E-state index contributed by atoms with van der Waals surface area (Å²) in [5.74, 6) is 0.112. The van der Waals surface area contributed by atoms with Crippen LogP contribution in [0.2, 0.25) is 5.02 Å². The third-order valence-electron chi connectivity index (χ3n) is 5.90. The fourth-order valence-corrected chi connectivity index (χ4v) is 4.56. The summed E-state index contributed by atoms with van der Waals surface area (Å²) < 4.78 is 0. The summed E-state index contributed by atoms with van der Waals surface area (Å²) in [5, 5.41) is 4.33. The third kappa shape index (κ3) is 3.56. The van der Waals surface area contributed by atoms with Crippen molar-refractivity contribution in [2.24, 2.45) is 0 Å². The Morgan fingerprint density at radius 1 is 1.11 bits per heavy atom. The molecule has 1 fully saturated rings. The number of hydrogen-bond donors (Lipinski definition) is 1. The topological polar surface area (TPSA) is 35.6 Å². The predicted molar refractivity (Wildman–Crippen MR) is 110 cm³/mol. The Morgan fingerprint density at radius 2 is 1.85 bits per heavy atom. The Balaban J connectivity index is 1.46. The van der Waals surface area contributed by atoms with Crippen LogP contribution in [-0.2, 0) is 6.42 Å². The number of anilines is 1.